The molecule has 1 N–H and O–H groups in total. The molecule has 1 heterocycles. The summed E-state index contributed by atoms with van der Waals surface area (Å²) in [5.41, 5.74) is 3.57. The van der Waals surface area contributed by atoms with Crippen LogP contribution in [-0.2, 0) is 4.84 Å². The first-order chi connectivity index (χ1) is 11.8. The lowest BCUT2D eigenvalue weighted by Gasteiger charge is -2.05. The number of hydrogen-bond acceptors (Lipinski definition) is 4. The van der Waals surface area contributed by atoms with Gasteiger partial charge >= 0.3 is 6.09 Å². The highest BCUT2D eigenvalue weighted by Gasteiger charge is 2.03. The summed E-state index contributed by atoms with van der Waals surface area (Å²) in [6.07, 6.45) is 4.05. The predicted molar refractivity (Wildman–Crippen MR) is 93.8 cm³/mol. The van der Waals surface area contributed by atoms with E-state index in [0.29, 0.717) is 5.69 Å². The first-order valence-corrected chi connectivity index (χ1v) is 7.38. The van der Waals surface area contributed by atoms with Crippen molar-refractivity contribution in [3.63, 3.8) is 0 Å². The summed E-state index contributed by atoms with van der Waals surface area (Å²) in [7, 11) is 0. The molecule has 118 valence electrons. The highest BCUT2D eigenvalue weighted by molar-refractivity contribution is 5.86. The van der Waals surface area contributed by atoms with Gasteiger partial charge in [0.1, 0.15) is 0 Å². The minimum absolute atomic E-state index is 0.635. The van der Waals surface area contributed by atoms with Gasteiger partial charge in [-0.2, -0.15) is 0 Å². The maximum absolute atomic E-state index is 11.7. The Kier molecular flexibility index (Phi) is 4.94. The fraction of sp³-hybridized carbons (Fsp3) is 0. The molecule has 3 rings (SSSR count). The van der Waals surface area contributed by atoms with Crippen molar-refractivity contribution in [2.75, 3.05) is 5.32 Å². The normalized spacial score (nSPS) is 10.5. The van der Waals surface area contributed by atoms with Gasteiger partial charge in [0.25, 0.3) is 0 Å². The van der Waals surface area contributed by atoms with Gasteiger partial charge < -0.3 is 0 Å². The summed E-state index contributed by atoms with van der Waals surface area (Å²) in [5.74, 6) is 0. The first-order valence-electron chi connectivity index (χ1n) is 7.38. The Morgan fingerprint density at radius 1 is 0.958 bits per heavy atom. The molecule has 5 nitrogen and oxygen atoms in total. The zero-order valence-corrected chi connectivity index (χ0v) is 12.8. The molecule has 0 aliphatic heterocycles. The third kappa shape index (κ3) is 4.27. The molecule has 2 aromatic carbocycles. The van der Waals surface area contributed by atoms with E-state index in [9.17, 15) is 4.79 Å². The number of amides is 1. The van der Waals surface area contributed by atoms with Crippen LogP contribution in [0, 0.1) is 0 Å². The minimum atomic E-state index is -0.650. The van der Waals surface area contributed by atoms with Gasteiger partial charge in [-0.05, 0) is 29.3 Å². The number of benzene rings is 2. The molecule has 1 aromatic heterocycles. The highest BCUT2D eigenvalue weighted by atomic mass is 16.7. The molecule has 24 heavy (non-hydrogen) atoms. The maximum atomic E-state index is 11.7. The van der Waals surface area contributed by atoms with Crippen LogP contribution >= 0.6 is 0 Å². The maximum Gasteiger partial charge on any atom is 0.437 e. The zero-order valence-electron chi connectivity index (χ0n) is 12.8. The number of nitrogens with one attached hydrogen (secondary N) is 1. The number of anilines is 1. The monoisotopic (exact) mass is 317 g/mol. The summed E-state index contributed by atoms with van der Waals surface area (Å²) >= 11 is 0. The molecule has 0 bridgehead atoms. The molecule has 0 radical (unpaired) electrons. The van der Waals surface area contributed by atoms with E-state index in [-0.39, 0.29) is 0 Å². The molecule has 0 aliphatic carbocycles. The van der Waals surface area contributed by atoms with E-state index in [2.05, 4.69) is 15.5 Å². The van der Waals surface area contributed by atoms with Crippen molar-refractivity contribution in [3.05, 3.63) is 84.7 Å². The number of aromatic nitrogens is 1. The van der Waals surface area contributed by atoms with Crippen molar-refractivity contribution >= 4 is 18.0 Å². The lowest BCUT2D eigenvalue weighted by Crippen LogP contribution is -2.10. The van der Waals surface area contributed by atoms with Gasteiger partial charge in [0.05, 0.1) is 6.21 Å². The number of rotatable bonds is 4. The van der Waals surface area contributed by atoms with Crippen LogP contribution in [0.4, 0.5) is 10.5 Å². The van der Waals surface area contributed by atoms with Crippen LogP contribution in [0.1, 0.15) is 5.56 Å². The van der Waals surface area contributed by atoms with E-state index in [1.807, 2.05) is 54.6 Å². The summed E-state index contributed by atoms with van der Waals surface area (Å²) in [5, 5.41) is 6.24. The van der Waals surface area contributed by atoms with Crippen molar-refractivity contribution in [2.24, 2.45) is 5.16 Å². The number of oxime groups is 1. The fourth-order valence-electron chi connectivity index (χ4n) is 2.10. The van der Waals surface area contributed by atoms with Gasteiger partial charge in [0.15, 0.2) is 0 Å². The van der Waals surface area contributed by atoms with Crippen molar-refractivity contribution in [2.45, 2.75) is 0 Å². The number of carbonyl (C=O) groups is 1. The van der Waals surface area contributed by atoms with Gasteiger partial charge in [0.2, 0.25) is 0 Å². The second-order valence-corrected chi connectivity index (χ2v) is 4.97. The van der Waals surface area contributed by atoms with Gasteiger partial charge in [-0.3, -0.25) is 15.1 Å². The van der Waals surface area contributed by atoms with E-state index >= 15 is 0 Å². The van der Waals surface area contributed by atoms with Crippen LogP contribution in [0.2, 0.25) is 0 Å². The first kappa shape index (κ1) is 15.4. The second-order valence-electron chi connectivity index (χ2n) is 4.97. The van der Waals surface area contributed by atoms with Gasteiger partial charge in [0, 0.05) is 23.6 Å². The molecule has 1 amide bonds. The van der Waals surface area contributed by atoms with Crippen LogP contribution in [0.5, 0.6) is 0 Å². The largest absolute Gasteiger partial charge is 0.437 e. The van der Waals surface area contributed by atoms with E-state index in [1.165, 1.54) is 6.21 Å². The zero-order chi connectivity index (χ0) is 16.6. The molecule has 0 saturated heterocycles. The molecular formula is C19H15N3O2. The van der Waals surface area contributed by atoms with Gasteiger partial charge in [-0.15, -0.1) is 0 Å². The summed E-state index contributed by atoms with van der Waals surface area (Å²) in [6, 6.07) is 21.1. The second kappa shape index (κ2) is 7.69. The average Bonchev–Trinajstić information content (AvgIpc) is 2.64. The Hall–Kier alpha value is -3.47. The Morgan fingerprint density at radius 2 is 1.71 bits per heavy atom. The molecular weight excluding hydrogens is 302 g/mol. The fourth-order valence-corrected chi connectivity index (χ4v) is 2.10. The molecule has 0 unspecified atom stereocenters. The average molecular weight is 317 g/mol. The predicted octanol–water partition coefficient (Wildman–Crippen LogP) is 4.33. The molecule has 3 aromatic rings. The van der Waals surface area contributed by atoms with Crippen molar-refractivity contribution < 1.29 is 9.63 Å². The Morgan fingerprint density at radius 3 is 2.42 bits per heavy atom. The summed E-state index contributed by atoms with van der Waals surface area (Å²) in [4.78, 5) is 20.4. The van der Waals surface area contributed by atoms with Crippen LogP contribution < -0.4 is 5.32 Å². The topological polar surface area (TPSA) is 63.6 Å². The molecule has 0 saturated carbocycles. The lowest BCUT2D eigenvalue weighted by atomic mass is 10.1. The number of nitrogens with zero attached hydrogens (tertiary/aromatic N) is 2. The number of hydrogen-bond donors (Lipinski definition) is 1. The Labute approximate surface area is 139 Å². The Bertz CT molecular complexity index is 816. The third-order valence-electron chi connectivity index (χ3n) is 3.26. The molecule has 0 fully saturated rings. The SMILES string of the molecule is O=C(Nc1ccc(-c2ccccc2)cc1)O/N=C/c1cccnc1. The van der Waals surface area contributed by atoms with E-state index in [1.54, 1.807) is 24.5 Å². The van der Waals surface area contributed by atoms with Crippen molar-refractivity contribution in [1.82, 2.24) is 4.98 Å². The lowest BCUT2D eigenvalue weighted by molar-refractivity contribution is 0.167. The van der Waals surface area contributed by atoms with Gasteiger partial charge in [-0.25, -0.2) is 4.79 Å². The van der Waals surface area contributed by atoms with Crippen molar-refractivity contribution in [3.8, 4) is 11.1 Å². The quantitative estimate of drug-likeness (QED) is 0.442. The minimum Gasteiger partial charge on any atom is -0.298 e. The molecule has 0 spiro atoms. The van der Waals surface area contributed by atoms with Crippen LogP contribution in [0.3, 0.4) is 0 Å². The van der Waals surface area contributed by atoms with Crippen molar-refractivity contribution in [1.29, 1.82) is 0 Å². The van der Waals surface area contributed by atoms with Crippen LogP contribution in [0.15, 0.2) is 84.3 Å². The number of carbonyl (C=O) groups excluding carboxylic acids is 1. The van der Waals surface area contributed by atoms with Crippen LogP contribution in [0.25, 0.3) is 11.1 Å². The molecule has 5 heteroatoms. The Balaban J connectivity index is 1.56. The van der Waals surface area contributed by atoms with Crippen LogP contribution in [-0.4, -0.2) is 17.3 Å². The van der Waals surface area contributed by atoms with E-state index in [4.69, 9.17) is 4.84 Å². The summed E-state index contributed by atoms with van der Waals surface area (Å²) in [6.45, 7) is 0. The van der Waals surface area contributed by atoms with E-state index < -0.39 is 6.09 Å². The number of pyridine rings is 1. The van der Waals surface area contributed by atoms with Gasteiger partial charge in [-0.1, -0.05) is 53.7 Å². The smallest absolute Gasteiger partial charge is 0.298 e. The highest BCUT2D eigenvalue weighted by Crippen LogP contribution is 2.20. The molecule has 0 aliphatic rings. The van der Waals surface area contributed by atoms with E-state index in [0.717, 1.165) is 16.7 Å². The molecule has 0 atom stereocenters. The summed E-state index contributed by atoms with van der Waals surface area (Å²) < 4.78 is 0. The third-order valence-corrected chi connectivity index (χ3v) is 3.26. The standard InChI is InChI=1S/C19H15N3O2/c23-19(24-21-14-15-5-4-12-20-13-15)22-18-10-8-17(9-11-18)16-6-2-1-3-7-16/h1-14H,(H,22,23)/b21-14+.